The van der Waals surface area contributed by atoms with Crippen LogP contribution >= 0.6 is 0 Å². The number of rotatable bonds is 15. The largest absolute Gasteiger partial charge is 0.383 e. The summed E-state index contributed by atoms with van der Waals surface area (Å²) in [7, 11) is 1.65. The van der Waals surface area contributed by atoms with Crippen molar-refractivity contribution in [3.63, 3.8) is 0 Å². The molecule has 1 amide bonds. The second-order valence-electron chi connectivity index (χ2n) is 10.6. The van der Waals surface area contributed by atoms with E-state index in [1.165, 1.54) is 44.9 Å². The van der Waals surface area contributed by atoms with Gasteiger partial charge in [-0.05, 0) is 32.4 Å². The quantitative estimate of drug-likeness (QED) is 0.292. The molecule has 1 fully saturated rings. The van der Waals surface area contributed by atoms with Crippen molar-refractivity contribution < 1.29 is 9.53 Å². The van der Waals surface area contributed by atoms with Gasteiger partial charge in [-0.15, -0.1) is 0 Å². The summed E-state index contributed by atoms with van der Waals surface area (Å²) in [6.45, 7) is 9.71. The van der Waals surface area contributed by atoms with E-state index in [1.807, 2.05) is 24.3 Å². The molecule has 3 rings (SSSR count). The molecule has 1 aliphatic rings. The van der Waals surface area contributed by atoms with Gasteiger partial charge in [-0.25, -0.2) is 4.98 Å². The zero-order valence-electron chi connectivity index (χ0n) is 23.6. The lowest BCUT2D eigenvalue weighted by atomic mass is 10.1. The third-order valence-corrected chi connectivity index (χ3v) is 7.81. The average Bonchev–Trinajstić information content (AvgIpc) is 2.91. The van der Waals surface area contributed by atoms with Crippen molar-refractivity contribution in [2.24, 2.45) is 0 Å². The summed E-state index contributed by atoms with van der Waals surface area (Å²) < 4.78 is 7.05. The van der Waals surface area contributed by atoms with Crippen LogP contribution in [0.1, 0.15) is 96.8 Å². The van der Waals surface area contributed by atoms with Gasteiger partial charge in [0, 0.05) is 39.2 Å². The third-order valence-electron chi connectivity index (χ3n) is 7.81. The molecule has 0 N–H and O–H groups in total. The first-order valence-electron chi connectivity index (χ1n) is 14.5. The fourth-order valence-corrected chi connectivity index (χ4v) is 5.50. The van der Waals surface area contributed by atoms with E-state index in [9.17, 15) is 9.59 Å². The van der Waals surface area contributed by atoms with Crippen molar-refractivity contribution >= 4 is 16.8 Å². The number of carbonyl (C=O) groups excluding carboxylic acids is 1. The topological polar surface area (TPSA) is 67.7 Å². The minimum Gasteiger partial charge on any atom is -0.383 e. The molecule has 0 bridgehead atoms. The highest BCUT2D eigenvalue weighted by Gasteiger charge is 2.31. The van der Waals surface area contributed by atoms with E-state index >= 15 is 0 Å². The van der Waals surface area contributed by atoms with Gasteiger partial charge < -0.3 is 9.64 Å². The standard InChI is InChI=1S/C30H48N4O3/c1-5-6-7-8-9-10-11-12-13-18-28(35)33-20-19-32(23-24(33)2)25(3)29-31-27-17-15-14-16-26(27)30(36)34(29)21-22-37-4/h14-17,24-25H,5-13,18-23H2,1-4H3. The summed E-state index contributed by atoms with van der Waals surface area (Å²) in [5.74, 6) is 1.05. The molecule has 7 heteroatoms. The third kappa shape index (κ3) is 8.11. The highest BCUT2D eigenvalue weighted by molar-refractivity contribution is 5.77. The van der Waals surface area contributed by atoms with Crippen LogP contribution in [-0.2, 0) is 16.1 Å². The maximum atomic E-state index is 13.3. The van der Waals surface area contributed by atoms with Gasteiger partial charge in [-0.2, -0.15) is 0 Å². The molecule has 2 atom stereocenters. The van der Waals surface area contributed by atoms with Crippen molar-refractivity contribution in [2.75, 3.05) is 33.4 Å². The van der Waals surface area contributed by atoms with E-state index in [1.54, 1.807) is 11.7 Å². The average molecular weight is 513 g/mol. The summed E-state index contributed by atoms with van der Waals surface area (Å²) in [4.78, 5) is 35.6. The second-order valence-corrected chi connectivity index (χ2v) is 10.6. The zero-order chi connectivity index (χ0) is 26.6. The fraction of sp³-hybridized carbons (Fsp3) is 0.700. The smallest absolute Gasteiger partial charge is 0.261 e. The van der Waals surface area contributed by atoms with E-state index in [-0.39, 0.29) is 23.6 Å². The van der Waals surface area contributed by atoms with Crippen LogP contribution in [0.5, 0.6) is 0 Å². The molecule has 1 aliphatic heterocycles. The molecule has 1 aromatic heterocycles. The van der Waals surface area contributed by atoms with Crippen LogP contribution < -0.4 is 5.56 Å². The van der Waals surface area contributed by atoms with E-state index in [0.717, 1.165) is 43.8 Å². The first-order valence-corrected chi connectivity index (χ1v) is 14.5. The van der Waals surface area contributed by atoms with Crippen LogP contribution in [0.25, 0.3) is 10.9 Å². The molecule has 0 radical (unpaired) electrons. The van der Waals surface area contributed by atoms with Gasteiger partial charge in [0.05, 0.1) is 30.1 Å². The molecule has 2 aromatic rings. The number of ether oxygens (including phenoxy) is 1. The van der Waals surface area contributed by atoms with Crippen LogP contribution in [-0.4, -0.2) is 64.7 Å². The maximum absolute atomic E-state index is 13.3. The molecule has 0 saturated carbocycles. The number of methoxy groups -OCH3 is 1. The normalized spacial score (nSPS) is 17.4. The number of nitrogens with zero attached hydrogens (tertiary/aromatic N) is 4. The SMILES string of the molecule is CCCCCCCCCCCC(=O)N1CCN(C(C)c2nc3ccccc3c(=O)n2CCOC)CC1C. The van der Waals surface area contributed by atoms with Crippen molar-refractivity contribution in [2.45, 2.75) is 104 Å². The Balaban J connectivity index is 1.54. The highest BCUT2D eigenvalue weighted by atomic mass is 16.5. The molecule has 2 heterocycles. The van der Waals surface area contributed by atoms with Crippen LogP contribution in [0.15, 0.2) is 29.1 Å². The Kier molecular flexibility index (Phi) is 12.1. The van der Waals surface area contributed by atoms with Gasteiger partial charge in [0.2, 0.25) is 5.91 Å². The van der Waals surface area contributed by atoms with E-state index in [0.29, 0.717) is 25.0 Å². The Morgan fingerprint density at radius 3 is 2.41 bits per heavy atom. The fourth-order valence-electron chi connectivity index (χ4n) is 5.50. The number of hydrogen-bond acceptors (Lipinski definition) is 5. The van der Waals surface area contributed by atoms with E-state index in [4.69, 9.17) is 9.72 Å². The van der Waals surface area contributed by atoms with Gasteiger partial charge in [0.1, 0.15) is 5.82 Å². The molecular formula is C30H48N4O3. The molecule has 37 heavy (non-hydrogen) atoms. The van der Waals surface area contributed by atoms with Gasteiger partial charge in [0.25, 0.3) is 5.56 Å². The lowest BCUT2D eigenvalue weighted by Gasteiger charge is -2.42. The molecular weight excluding hydrogens is 464 g/mol. The van der Waals surface area contributed by atoms with E-state index < -0.39 is 0 Å². The van der Waals surface area contributed by atoms with Crippen LogP contribution in [0, 0.1) is 0 Å². The minimum atomic E-state index is -0.0359. The van der Waals surface area contributed by atoms with Crippen LogP contribution in [0.3, 0.4) is 0 Å². The minimum absolute atomic E-state index is 0.0210. The van der Waals surface area contributed by atoms with E-state index in [2.05, 4.69) is 30.6 Å². The number of para-hydroxylation sites is 1. The first-order chi connectivity index (χ1) is 18.0. The van der Waals surface area contributed by atoms with Gasteiger partial charge >= 0.3 is 0 Å². The molecule has 1 aromatic carbocycles. The molecule has 7 nitrogen and oxygen atoms in total. The maximum Gasteiger partial charge on any atom is 0.261 e. The summed E-state index contributed by atoms with van der Waals surface area (Å²) in [5.41, 5.74) is 0.707. The van der Waals surface area contributed by atoms with Crippen molar-refractivity contribution in [1.82, 2.24) is 19.4 Å². The molecule has 0 aliphatic carbocycles. The Morgan fingerprint density at radius 2 is 1.73 bits per heavy atom. The Bertz CT molecular complexity index is 1040. The number of piperazine rings is 1. The zero-order valence-corrected chi connectivity index (χ0v) is 23.6. The van der Waals surface area contributed by atoms with Crippen molar-refractivity contribution in [3.05, 3.63) is 40.4 Å². The summed E-state index contributed by atoms with van der Waals surface area (Å²) in [6, 6.07) is 7.64. The highest BCUT2D eigenvalue weighted by Crippen LogP contribution is 2.24. The molecule has 0 spiro atoms. The van der Waals surface area contributed by atoms with Gasteiger partial charge in [0.15, 0.2) is 0 Å². The number of aromatic nitrogens is 2. The van der Waals surface area contributed by atoms with Gasteiger partial charge in [-0.3, -0.25) is 19.1 Å². The lowest BCUT2D eigenvalue weighted by Crippen LogP contribution is -2.54. The Hall–Kier alpha value is -2.25. The summed E-state index contributed by atoms with van der Waals surface area (Å²) in [6.07, 6.45) is 12.0. The number of unbranched alkanes of at least 4 members (excludes halogenated alkanes) is 8. The van der Waals surface area contributed by atoms with Gasteiger partial charge in [-0.1, -0.05) is 70.4 Å². The van der Waals surface area contributed by atoms with Crippen LogP contribution in [0.2, 0.25) is 0 Å². The monoisotopic (exact) mass is 512 g/mol. The van der Waals surface area contributed by atoms with Crippen molar-refractivity contribution in [1.29, 1.82) is 0 Å². The Labute approximate surface area is 223 Å². The lowest BCUT2D eigenvalue weighted by molar-refractivity contribution is -0.136. The molecule has 2 unspecified atom stereocenters. The predicted molar refractivity (Wildman–Crippen MR) is 151 cm³/mol. The second kappa shape index (κ2) is 15.2. The molecule has 206 valence electrons. The van der Waals surface area contributed by atoms with Crippen LogP contribution in [0.4, 0.5) is 0 Å². The number of benzene rings is 1. The first kappa shape index (κ1) is 29.3. The van der Waals surface area contributed by atoms with Crippen molar-refractivity contribution in [3.8, 4) is 0 Å². The predicted octanol–water partition coefficient (Wildman–Crippen LogP) is 5.56. The number of amides is 1. The molecule has 1 saturated heterocycles. The summed E-state index contributed by atoms with van der Waals surface area (Å²) in [5, 5.41) is 0.634. The summed E-state index contributed by atoms with van der Waals surface area (Å²) >= 11 is 0. The number of hydrogen-bond donors (Lipinski definition) is 0. The Morgan fingerprint density at radius 1 is 1.05 bits per heavy atom. The number of fused-ring (bicyclic) bond motifs is 1. The number of carbonyl (C=O) groups is 1.